The number of carbonyl (C=O) groups is 1. The van der Waals surface area contributed by atoms with E-state index in [2.05, 4.69) is 23.5 Å². The summed E-state index contributed by atoms with van der Waals surface area (Å²) in [5, 5.41) is 9.96. The fourth-order valence-corrected chi connectivity index (χ4v) is 2.11. The maximum Gasteiger partial charge on any atom is 0.338 e. The molecule has 1 N–H and O–H groups in total. The minimum atomic E-state index is -1.41. The molecule has 0 radical (unpaired) electrons. The van der Waals surface area contributed by atoms with Crippen LogP contribution in [0.1, 0.15) is 33.6 Å². The number of rotatable bonds is 3. The predicted octanol–water partition coefficient (Wildman–Crippen LogP) is 0.785. The van der Waals surface area contributed by atoms with Gasteiger partial charge in [-0.3, -0.25) is 4.90 Å². The minimum Gasteiger partial charge on any atom is -0.467 e. The van der Waals surface area contributed by atoms with Crippen molar-refractivity contribution in [1.29, 1.82) is 0 Å². The Kier molecular flexibility index (Phi) is 3.41. The van der Waals surface area contributed by atoms with Crippen LogP contribution in [0, 0.1) is 0 Å². The number of hydrogen-bond donors (Lipinski definition) is 1. The van der Waals surface area contributed by atoms with E-state index in [0.717, 1.165) is 19.4 Å². The van der Waals surface area contributed by atoms with Gasteiger partial charge in [0, 0.05) is 12.1 Å². The fourth-order valence-electron chi connectivity index (χ4n) is 2.11. The topological polar surface area (TPSA) is 49.8 Å². The van der Waals surface area contributed by atoms with Gasteiger partial charge in [-0.2, -0.15) is 0 Å². The Bertz CT molecular complexity index is 248. The van der Waals surface area contributed by atoms with Crippen molar-refractivity contribution >= 4 is 5.97 Å². The molecule has 4 nitrogen and oxygen atoms in total. The number of methoxy groups -OCH3 is 1. The summed E-state index contributed by atoms with van der Waals surface area (Å²) in [5.74, 6) is -0.565. The molecule has 0 amide bonds. The van der Waals surface area contributed by atoms with Gasteiger partial charge in [0.2, 0.25) is 0 Å². The molecule has 0 aliphatic carbocycles. The van der Waals surface area contributed by atoms with Crippen LogP contribution >= 0.6 is 0 Å². The standard InChI is InChI=1S/C11H21NO3/c1-10(2)6-5-7-12(10)8-11(3,14)9(13)15-4/h14H,5-8H2,1-4H3. The van der Waals surface area contributed by atoms with E-state index < -0.39 is 11.6 Å². The van der Waals surface area contributed by atoms with Crippen molar-refractivity contribution in [2.24, 2.45) is 0 Å². The molecule has 0 bridgehead atoms. The van der Waals surface area contributed by atoms with Gasteiger partial charge in [0.15, 0.2) is 5.60 Å². The minimum absolute atomic E-state index is 0.0675. The third-order valence-corrected chi connectivity index (χ3v) is 3.20. The normalized spacial score (nSPS) is 24.9. The van der Waals surface area contributed by atoms with E-state index >= 15 is 0 Å². The number of ether oxygens (including phenoxy) is 1. The number of likely N-dealkylation sites (tertiary alicyclic amines) is 1. The highest BCUT2D eigenvalue weighted by Gasteiger charge is 2.40. The SMILES string of the molecule is COC(=O)C(C)(O)CN1CCCC1(C)C. The number of aliphatic hydroxyl groups is 1. The van der Waals surface area contributed by atoms with E-state index in [4.69, 9.17) is 0 Å². The van der Waals surface area contributed by atoms with Crippen molar-refractivity contribution in [3.05, 3.63) is 0 Å². The maximum absolute atomic E-state index is 11.3. The highest BCUT2D eigenvalue weighted by molar-refractivity contribution is 5.78. The fraction of sp³-hybridized carbons (Fsp3) is 0.909. The van der Waals surface area contributed by atoms with Gasteiger partial charge >= 0.3 is 5.97 Å². The lowest BCUT2D eigenvalue weighted by Gasteiger charge is -2.35. The predicted molar refractivity (Wildman–Crippen MR) is 57.5 cm³/mol. The zero-order valence-electron chi connectivity index (χ0n) is 10.0. The van der Waals surface area contributed by atoms with Gasteiger partial charge in [0.1, 0.15) is 0 Å². The molecule has 1 fully saturated rings. The molecular formula is C11H21NO3. The van der Waals surface area contributed by atoms with Gasteiger partial charge in [-0.15, -0.1) is 0 Å². The summed E-state index contributed by atoms with van der Waals surface area (Å²) in [5.41, 5.74) is -1.34. The van der Waals surface area contributed by atoms with E-state index in [-0.39, 0.29) is 5.54 Å². The van der Waals surface area contributed by atoms with Crippen LogP contribution < -0.4 is 0 Å². The number of carbonyl (C=O) groups excluding carboxylic acids is 1. The number of nitrogens with zero attached hydrogens (tertiary/aromatic N) is 1. The van der Waals surface area contributed by atoms with E-state index in [1.165, 1.54) is 14.0 Å². The first-order valence-electron chi connectivity index (χ1n) is 5.35. The third kappa shape index (κ3) is 2.69. The molecule has 0 saturated carbocycles. The van der Waals surface area contributed by atoms with Crippen molar-refractivity contribution in [2.75, 3.05) is 20.2 Å². The molecule has 1 saturated heterocycles. The van der Waals surface area contributed by atoms with Gasteiger partial charge in [-0.1, -0.05) is 0 Å². The first-order chi connectivity index (χ1) is 6.79. The molecule has 0 aromatic rings. The van der Waals surface area contributed by atoms with Crippen LogP contribution in [0.3, 0.4) is 0 Å². The highest BCUT2D eigenvalue weighted by atomic mass is 16.5. The molecule has 15 heavy (non-hydrogen) atoms. The Morgan fingerprint density at radius 1 is 1.60 bits per heavy atom. The Morgan fingerprint density at radius 3 is 2.60 bits per heavy atom. The number of esters is 1. The van der Waals surface area contributed by atoms with E-state index in [1.807, 2.05) is 0 Å². The monoisotopic (exact) mass is 215 g/mol. The molecule has 0 aromatic carbocycles. The van der Waals surface area contributed by atoms with Crippen LogP contribution in [0.2, 0.25) is 0 Å². The van der Waals surface area contributed by atoms with Crippen LogP contribution in [-0.4, -0.2) is 47.3 Å². The molecular weight excluding hydrogens is 194 g/mol. The molecule has 0 aromatic heterocycles. The van der Waals surface area contributed by atoms with Gasteiger partial charge in [0.05, 0.1) is 7.11 Å². The summed E-state index contributed by atoms with van der Waals surface area (Å²) in [6.07, 6.45) is 2.22. The Morgan fingerprint density at radius 2 is 2.20 bits per heavy atom. The van der Waals surface area contributed by atoms with Gasteiger partial charge in [0.25, 0.3) is 0 Å². The lowest BCUT2D eigenvalue weighted by Crippen LogP contribution is -2.51. The number of β-amino-alcohol motifs (C(OH)–C–C–N with tert-alkyl or cyclic N) is 1. The second-order valence-corrected chi connectivity index (χ2v) is 5.10. The first kappa shape index (κ1) is 12.5. The molecule has 88 valence electrons. The zero-order chi connectivity index (χ0) is 11.7. The Balaban J connectivity index is 2.65. The van der Waals surface area contributed by atoms with Crippen LogP contribution in [0.15, 0.2) is 0 Å². The Hall–Kier alpha value is -0.610. The molecule has 1 rings (SSSR count). The van der Waals surface area contributed by atoms with Gasteiger partial charge < -0.3 is 9.84 Å². The maximum atomic E-state index is 11.3. The molecule has 1 unspecified atom stereocenters. The van der Waals surface area contributed by atoms with Crippen molar-refractivity contribution in [3.8, 4) is 0 Å². The average molecular weight is 215 g/mol. The summed E-state index contributed by atoms with van der Waals surface area (Å²) in [7, 11) is 1.30. The van der Waals surface area contributed by atoms with Gasteiger partial charge in [-0.25, -0.2) is 4.79 Å². The van der Waals surface area contributed by atoms with Crippen LogP contribution in [-0.2, 0) is 9.53 Å². The molecule has 0 spiro atoms. The lowest BCUT2D eigenvalue weighted by atomic mass is 9.99. The highest BCUT2D eigenvalue weighted by Crippen LogP contribution is 2.29. The zero-order valence-corrected chi connectivity index (χ0v) is 10.0. The van der Waals surface area contributed by atoms with E-state index in [1.54, 1.807) is 0 Å². The quantitative estimate of drug-likeness (QED) is 0.707. The second-order valence-electron chi connectivity index (χ2n) is 5.10. The van der Waals surface area contributed by atoms with Crippen LogP contribution in [0.5, 0.6) is 0 Å². The molecule has 1 aliphatic heterocycles. The van der Waals surface area contributed by atoms with E-state index in [0.29, 0.717) is 6.54 Å². The lowest BCUT2D eigenvalue weighted by molar-refractivity contribution is -0.163. The molecule has 4 heteroatoms. The number of hydrogen-bond acceptors (Lipinski definition) is 4. The van der Waals surface area contributed by atoms with Crippen molar-refractivity contribution in [3.63, 3.8) is 0 Å². The Labute approximate surface area is 91.2 Å². The molecule has 1 heterocycles. The largest absolute Gasteiger partial charge is 0.467 e. The van der Waals surface area contributed by atoms with Crippen LogP contribution in [0.4, 0.5) is 0 Å². The van der Waals surface area contributed by atoms with Crippen molar-refractivity contribution in [2.45, 2.75) is 44.8 Å². The first-order valence-corrected chi connectivity index (χ1v) is 5.35. The van der Waals surface area contributed by atoms with Crippen molar-refractivity contribution in [1.82, 2.24) is 4.90 Å². The average Bonchev–Trinajstić information content (AvgIpc) is 2.44. The summed E-state index contributed by atoms with van der Waals surface area (Å²) in [6.45, 7) is 7.04. The summed E-state index contributed by atoms with van der Waals surface area (Å²) in [4.78, 5) is 13.5. The van der Waals surface area contributed by atoms with Crippen LogP contribution in [0.25, 0.3) is 0 Å². The molecule has 1 aliphatic rings. The van der Waals surface area contributed by atoms with Gasteiger partial charge in [-0.05, 0) is 40.2 Å². The summed E-state index contributed by atoms with van der Waals surface area (Å²) < 4.78 is 4.58. The summed E-state index contributed by atoms with van der Waals surface area (Å²) >= 11 is 0. The summed E-state index contributed by atoms with van der Waals surface area (Å²) in [6, 6.07) is 0. The smallest absolute Gasteiger partial charge is 0.338 e. The third-order valence-electron chi connectivity index (χ3n) is 3.20. The van der Waals surface area contributed by atoms with Crippen molar-refractivity contribution < 1.29 is 14.6 Å². The van der Waals surface area contributed by atoms with E-state index in [9.17, 15) is 9.90 Å². The second kappa shape index (κ2) is 4.10. The molecule has 1 atom stereocenters.